The predicted molar refractivity (Wildman–Crippen MR) is 139 cm³/mol. The van der Waals surface area contributed by atoms with Gasteiger partial charge in [0.2, 0.25) is 0 Å². The molecule has 0 bridgehead atoms. The topological polar surface area (TPSA) is 40.5 Å². The zero-order valence-corrected chi connectivity index (χ0v) is 22.7. The lowest BCUT2D eigenvalue weighted by Gasteiger charge is -2.61. The molecule has 0 heterocycles. The van der Waals surface area contributed by atoms with Crippen molar-refractivity contribution in [3.63, 3.8) is 0 Å². The molecule has 186 valence electrons. The fraction of sp³-hybridized carbons (Fsp3) is 0.806. The number of hydrogen-bond acceptors (Lipinski definition) is 2. The van der Waals surface area contributed by atoms with Crippen molar-refractivity contribution in [3.05, 3.63) is 35.5 Å². The number of allylic oxidation sites excluding steroid dienone is 4. The maximum Gasteiger partial charge on any atom is 0.0642 e. The third-order valence-electron chi connectivity index (χ3n) is 11.8. The van der Waals surface area contributed by atoms with Crippen LogP contribution in [0, 0.1) is 45.3 Å². The zero-order valence-electron chi connectivity index (χ0n) is 22.7. The summed E-state index contributed by atoms with van der Waals surface area (Å²) in [5.41, 5.74) is 4.19. The van der Waals surface area contributed by atoms with E-state index in [4.69, 9.17) is 0 Å². The van der Waals surface area contributed by atoms with E-state index in [1.54, 1.807) is 0 Å². The lowest BCUT2D eigenvalue weighted by atomic mass is 9.44. The maximum absolute atomic E-state index is 11.7. The van der Waals surface area contributed by atoms with Gasteiger partial charge >= 0.3 is 0 Å². The molecule has 4 aliphatic rings. The third kappa shape index (κ3) is 3.40. The standard InChI is InChI=1S/C31H50O2/c1-19(2)20(3)10-11-21(4)24-18-27(33)31(9)23-12-13-25-28(5,6)26(32)15-16-29(25,7)22(23)14-17-30(24,31)8/h12,14,19,21,24-27,32-33H,3,10-11,13,15-18H2,1-2,4-9H3. The summed E-state index contributed by atoms with van der Waals surface area (Å²) in [4.78, 5) is 0. The predicted octanol–water partition coefficient (Wildman–Crippen LogP) is 7.47. The molecular weight excluding hydrogens is 404 g/mol. The number of hydrogen-bond donors (Lipinski definition) is 2. The molecule has 0 aliphatic heterocycles. The molecule has 0 aromatic heterocycles. The molecule has 2 fully saturated rings. The first kappa shape index (κ1) is 25.2. The Morgan fingerprint density at radius 3 is 2.33 bits per heavy atom. The fourth-order valence-corrected chi connectivity index (χ4v) is 8.84. The van der Waals surface area contributed by atoms with Crippen LogP contribution in [0.3, 0.4) is 0 Å². The highest BCUT2D eigenvalue weighted by Crippen LogP contribution is 2.71. The maximum atomic E-state index is 11.7. The average molecular weight is 455 g/mol. The quantitative estimate of drug-likeness (QED) is 0.423. The Bertz CT molecular complexity index is 862. The lowest BCUT2D eigenvalue weighted by Crippen LogP contribution is -2.55. The lowest BCUT2D eigenvalue weighted by molar-refractivity contribution is -0.0872. The summed E-state index contributed by atoms with van der Waals surface area (Å²) in [6.07, 6.45) is 11.7. The van der Waals surface area contributed by atoms with Crippen LogP contribution in [0.4, 0.5) is 0 Å². The largest absolute Gasteiger partial charge is 0.393 e. The van der Waals surface area contributed by atoms with E-state index >= 15 is 0 Å². The second-order valence-corrected chi connectivity index (χ2v) is 13.8. The van der Waals surface area contributed by atoms with Crippen molar-refractivity contribution in [3.8, 4) is 0 Å². The van der Waals surface area contributed by atoms with Crippen LogP contribution in [0.5, 0.6) is 0 Å². The van der Waals surface area contributed by atoms with Gasteiger partial charge in [0.15, 0.2) is 0 Å². The number of rotatable bonds is 5. The molecule has 2 saturated carbocycles. The van der Waals surface area contributed by atoms with Gasteiger partial charge in [0, 0.05) is 5.41 Å². The molecule has 2 heteroatoms. The van der Waals surface area contributed by atoms with Gasteiger partial charge < -0.3 is 10.2 Å². The van der Waals surface area contributed by atoms with Gasteiger partial charge in [-0.2, -0.15) is 0 Å². The van der Waals surface area contributed by atoms with E-state index in [0.29, 0.717) is 23.7 Å². The van der Waals surface area contributed by atoms with Gasteiger partial charge in [-0.25, -0.2) is 0 Å². The van der Waals surface area contributed by atoms with Gasteiger partial charge in [0.1, 0.15) is 0 Å². The Morgan fingerprint density at radius 2 is 1.70 bits per heavy atom. The van der Waals surface area contributed by atoms with Crippen molar-refractivity contribution in [2.45, 2.75) is 113 Å². The summed E-state index contributed by atoms with van der Waals surface area (Å²) in [7, 11) is 0. The molecule has 0 spiro atoms. The Balaban J connectivity index is 1.68. The first-order chi connectivity index (χ1) is 15.2. The van der Waals surface area contributed by atoms with Gasteiger partial charge in [-0.05, 0) is 96.0 Å². The number of aliphatic hydroxyl groups is 2. The van der Waals surface area contributed by atoms with E-state index in [9.17, 15) is 10.2 Å². The van der Waals surface area contributed by atoms with E-state index in [1.807, 2.05) is 0 Å². The zero-order chi connectivity index (χ0) is 24.6. The third-order valence-corrected chi connectivity index (χ3v) is 11.8. The van der Waals surface area contributed by atoms with Crippen LogP contribution < -0.4 is 0 Å². The minimum absolute atomic E-state index is 0.0766. The van der Waals surface area contributed by atoms with Crippen LogP contribution in [-0.4, -0.2) is 22.4 Å². The summed E-state index contributed by atoms with van der Waals surface area (Å²) < 4.78 is 0. The molecule has 2 N–H and O–H groups in total. The molecule has 0 amide bonds. The average Bonchev–Trinajstić information content (AvgIpc) is 2.96. The van der Waals surface area contributed by atoms with Gasteiger partial charge in [-0.15, -0.1) is 0 Å². The summed E-state index contributed by atoms with van der Waals surface area (Å²) in [6, 6.07) is 0. The van der Waals surface area contributed by atoms with Gasteiger partial charge in [0.05, 0.1) is 12.2 Å². The van der Waals surface area contributed by atoms with Crippen LogP contribution in [0.25, 0.3) is 0 Å². The van der Waals surface area contributed by atoms with Crippen LogP contribution in [0.1, 0.15) is 100 Å². The monoisotopic (exact) mass is 454 g/mol. The van der Waals surface area contributed by atoms with Crippen LogP contribution >= 0.6 is 0 Å². The molecule has 4 aliphatic carbocycles. The molecule has 8 atom stereocenters. The summed E-state index contributed by atoms with van der Waals surface area (Å²) in [6.45, 7) is 23.0. The fourth-order valence-electron chi connectivity index (χ4n) is 8.84. The minimum atomic E-state index is -0.291. The Labute approximate surface area is 203 Å². The normalized spacial score (nSPS) is 44.9. The van der Waals surface area contributed by atoms with Crippen LogP contribution in [-0.2, 0) is 0 Å². The highest BCUT2D eigenvalue weighted by Gasteiger charge is 2.66. The van der Waals surface area contributed by atoms with E-state index in [1.165, 1.54) is 23.1 Å². The van der Waals surface area contributed by atoms with E-state index in [2.05, 4.69) is 74.1 Å². The summed E-state index contributed by atoms with van der Waals surface area (Å²) in [5, 5.41) is 22.5. The molecule has 2 nitrogen and oxygen atoms in total. The second-order valence-electron chi connectivity index (χ2n) is 13.8. The Morgan fingerprint density at radius 1 is 1.03 bits per heavy atom. The van der Waals surface area contributed by atoms with Crippen molar-refractivity contribution in [1.82, 2.24) is 0 Å². The van der Waals surface area contributed by atoms with Crippen molar-refractivity contribution in [2.24, 2.45) is 45.3 Å². The summed E-state index contributed by atoms with van der Waals surface area (Å²) >= 11 is 0. The first-order valence-electron chi connectivity index (χ1n) is 13.7. The van der Waals surface area contributed by atoms with E-state index in [-0.39, 0.29) is 33.9 Å². The number of fused-ring (bicyclic) bond motifs is 5. The van der Waals surface area contributed by atoms with Crippen LogP contribution in [0.15, 0.2) is 35.5 Å². The minimum Gasteiger partial charge on any atom is -0.393 e. The van der Waals surface area contributed by atoms with Crippen molar-refractivity contribution >= 4 is 0 Å². The highest BCUT2D eigenvalue weighted by molar-refractivity contribution is 5.50. The Hall–Kier alpha value is -0.860. The molecule has 0 radical (unpaired) electrons. The first-order valence-corrected chi connectivity index (χ1v) is 13.7. The molecule has 0 aromatic rings. The highest BCUT2D eigenvalue weighted by atomic mass is 16.3. The van der Waals surface area contributed by atoms with Crippen LogP contribution in [0.2, 0.25) is 0 Å². The molecule has 0 aromatic carbocycles. The second kappa shape index (κ2) is 8.09. The smallest absolute Gasteiger partial charge is 0.0642 e. The number of aliphatic hydroxyl groups excluding tert-OH is 2. The van der Waals surface area contributed by atoms with E-state index < -0.39 is 0 Å². The Kier molecular flexibility index (Phi) is 6.19. The van der Waals surface area contributed by atoms with Gasteiger partial charge in [-0.1, -0.05) is 79.7 Å². The van der Waals surface area contributed by atoms with E-state index in [0.717, 1.165) is 38.5 Å². The molecule has 33 heavy (non-hydrogen) atoms. The SMILES string of the molecule is C=C(CCC(C)C1CC(O)C2(C)C3=CCC4C(C)(CCC(O)C4(C)C)C3=CCC12C)C(C)C. The van der Waals surface area contributed by atoms with Crippen molar-refractivity contribution in [2.75, 3.05) is 0 Å². The van der Waals surface area contributed by atoms with Gasteiger partial charge in [-0.3, -0.25) is 0 Å². The molecule has 0 saturated heterocycles. The molecule has 8 unspecified atom stereocenters. The molecular formula is C31H50O2. The molecule has 4 rings (SSSR count). The van der Waals surface area contributed by atoms with Crippen molar-refractivity contribution < 1.29 is 10.2 Å². The van der Waals surface area contributed by atoms with Gasteiger partial charge in [0.25, 0.3) is 0 Å². The summed E-state index contributed by atoms with van der Waals surface area (Å²) in [5.74, 6) is 2.10. The van der Waals surface area contributed by atoms with Crippen molar-refractivity contribution in [1.29, 1.82) is 0 Å².